The third-order valence-corrected chi connectivity index (χ3v) is 3.87. The van der Waals surface area contributed by atoms with Gasteiger partial charge in [-0.25, -0.2) is 9.59 Å². The largest absolute Gasteiger partial charge is 0.480 e. The molecule has 2 amide bonds. The van der Waals surface area contributed by atoms with Gasteiger partial charge in [0.15, 0.2) is 0 Å². The van der Waals surface area contributed by atoms with Crippen molar-refractivity contribution in [2.24, 2.45) is 0 Å². The molecule has 0 aromatic rings. The number of carbonyl (C=O) groups excluding carboxylic acids is 1. The summed E-state index contributed by atoms with van der Waals surface area (Å²) in [4.78, 5) is 24.8. The number of amides is 2. The molecule has 1 fully saturated rings. The fourth-order valence-corrected chi connectivity index (χ4v) is 2.57. The van der Waals surface area contributed by atoms with E-state index in [1.807, 2.05) is 0 Å². The molecule has 4 N–H and O–H groups in total. The van der Waals surface area contributed by atoms with Crippen LogP contribution in [-0.2, 0) is 4.79 Å². The third kappa shape index (κ3) is 6.77. The number of carboxylic acid groups (broad SMARTS) is 1. The zero-order valence-corrected chi connectivity index (χ0v) is 12.7. The van der Waals surface area contributed by atoms with E-state index in [0.717, 1.165) is 19.5 Å². The van der Waals surface area contributed by atoms with E-state index in [4.69, 9.17) is 10.2 Å². The van der Waals surface area contributed by atoms with Crippen molar-refractivity contribution < 1.29 is 19.8 Å². The Balaban J connectivity index is 2.16. The molecule has 7 nitrogen and oxygen atoms in total. The van der Waals surface area contributed by atoms with Crippen molar-refractivity contribution in [1.82, 2.24) is 15.5 Å². The summed E-state index contributed by atoms with van der Waals surface area (Å²) < 4.78 is 0. The van der Waals surface area contributed by atoms with E-state index in [1.54, 1.807) is 0 Å². The lowest BCUT2D eigenvalue weighted by molar-refractivity contribution is -0.139. The minimum Gasteiger partial charge on any atom is -0.480 e. The zero-order chi connectivity index (χ0) is 15.7. The van der Waals surface area contributed by atoms with Gasteiger partial charge in [-0.05, 0) is 32.7 Å². The Bertz CT molecular complexity index is 338. The highest BCUT2D eigenvalue weighted by atomic mass is 16.4. The second-order valence-electron chi connectivity index (χ2n) is 5.54. The molecule has 0 aliphatic carbocycles. The fraction of sp³-hybridized carbons (Fsp3) is 0.857. The van der Waals surface area contributed by atoms with Gasteiger partial charge in [-0.3, -0.25) is 0 Å². The molecule has 21 heavy (non-hydrogen) atoms. The first-order valence-corrected chi connectivity index (χ1v) is 7.66. The van der Waals surface area contributed by atoms with Crippen LogP contribution in [0.15, 0.2) is 0 Å². The molecule has 0 radical (unpaired) electrons. The summed E-state index contributed by atoms with van der Waals surface area (Å²) in [7, 11) is 0. The highest BCUT2D eigenvalue weighted by molar-refractivity contribution is 5.82. The Morgan fingerprint density at radius 2 is 2.14 bits per heavy atom. The summed E-state index contributed by atoms with van der Waals surface area (Å²) in [6.07, 6.45) is 4.61. The Hall–Kier alpha value is -1.34. The van der Waals surface area contributed by atoms with E-state index < -0.39 is 18.0 Å². The van der Waals surface area contributed by atoms with Crippen molar-refractivity contribution in [1.29, 1.82) is 0 Å². The molecule has 0 aromatic heterocycles. The fourth-order valence-electron chi connectivity index (χ4n) is 2.57. The van der Waals surface area contributed by atoms with Crippen LogP contribution in [0.3, 0.4) is 0 Å². The molecule has 1 saturated heterocycles. The van der Waals surface area contributed by atoms with Gasteiger partial charge in [0.05, 0.1) is 0 Å². The predicted octanol–water partition coefficient (Wildman–Crippen LogP) is 0.386. The molecule has 0 saturated carbocycles. The van der Waals surface area contributed by atoms with Crippen LogP contribution in [0.1, 0.15) is 39.0 Å². The smallest absolute Gasteiger partial charge is 0.326 e. The molecular weight excluding hydrogens is 274 g/mol. The molecule has 0 aromatic carbocycles. The van der Waals surface area contributed by atoms with Crippen LogP contribution in [-0.4, -0.2) is 65.4 Å². The predicted molar refractivity (Wildman–Crippen MR) is 79.2 cm³/mol. The first-order chi connectivity index (χ1) is 10.0. The molecule has 0 spiro atoms. The lowest BCUT2D eigenvalue weighted by atomic mass is 10.0. The summed E-state index contributed by atoms with van der Waals surface area (Å²) >= 11 is 0. The van der Waals surface area contributed by atoms with Crippen LogP contribution in [0.4, 0.5) is 4.79 Å². The van der Waals surface area contributed by atoms with Crippen LogP contribution < -0.4 is 10.6 Å². The Labute approximate surface area is 125 Å². The minimum absolute atomic E-state index is 0.00798. The Morgan fingerprint density at radius 3 is 2.76 bits per heavy atom. The first kappa shape index (κ1) is 17.7. The maximum absolute atomic E-state index is 11.6. The molecular formula is C14H27N3O4. The van der Waals surface area contributed by atoms with Crippen molar-refractivity contribution >= 4 is 12.0 Å². The number of aliphatic carboxylic acids is 1. The minimum atomic E-state index is -1.14. The van der Waals surface area contributed by atoms with Gasteiger partial charge in [-0.1, -0.05) is 6.42 Å². The van der Waals surface area contributed by atoms with Gasteiger partial charge in [0, 0.05) is 32.2 Å². The average molecular weight is 301 g/mol. The molecule has 7 heteroatoms. The average Bonchev–Trinajstić information content (AvgIpc) is 2.44. The summed E-state index contributed by atoms with van der Waals surface area (Å²) in [5, 5.41) is 22.6. The van der Waals surface area contributed by atoms with Crippen LogP contribution in [0.5, 0.6) is 0 Å². The maximum atomic E-state index is 11.6. The van der Waals surface area contributed by atoms with Gasteiger partial charge in [-0.15, -0.1) is 0 Å². The monoisotopic (exact) mass is 301 g/mol. The number of piperidine rings is 1. The van der Waals surface area contributed by atoms with Crippen LogP contribution >= 0.6 is 0 Å². The molecule has 1 heterocycles. The number of nitrogens with zero attached hydrogens (tertiary/aromatic N) is 1. The molecule has 2 atom stereocenters. The van der Waals surface area contributed by atoms with Crippen LogP contribution in [0.2, 0.25) is 0 Å². The number of likely N-dealkylation sites (tertiary alicyclic amines) is 1. The zero-order valence-electron chi connectivity index (χ0n) is 12.7. The van der Waals surface area contributed by atoms with Crippen molar-refractivity contribution in [3.63, 3.8) is 0 Å². The highest BCUT2D eigenvalue weighted by Gasteiger charge is 2.19. The number of carboxylic acids is 1. The second kappa shape index (κ2) is 9.57. The number of aliphatic hydroxyl groups excluding tert-OH is 1. The molecule has 1 aliphatic heterocycles. The third-order valence-electron chi connectivity index (χ3n) is 3.87. The van der Waals surface area contributed by atoms with Gasteiger partial charge in [0.25, 0.3) is 0 Å². The molecule has 1 rings (SSSR count). The van der Waals surface area contributed by atoms with Crippen molar-refractivity contribution in [2.45, 2.75) is 51.1 Å². The van der Waals surface area contributed by atoms with Crippen LogP contribution in [0, 0.1) is 0 Å². The number of hydrogen-bond donors (Lipinski definition) is 4. The maximum Gasteiger partial charge on any atom is 0.326 e. The first-order valence-electron chi connectivity index (χ1n) is 7.66. The van der Waals surface area contributed by atoms with Gasteiger partial charge >= 0.3 is 12.0 Å². The summed E-state index contributed by atoms with van der Waals surface area (Å²) in [6.45, 7) is 4.53. The summed E-state index contributed by atoms with van der Waals surface area (Å²) in [6, 6.07) is -0.937. The SMILES string of the molecule is CC1CCCCN1CCCNC(=O)NC(CCO)C(=O)O. The number of aliphatic hydroxyl groups is 1. The standard InChI is InChI=1S/C14H27N3O4/c1-11-5-2-3-8-17(11)9-4-7-15-14(21)16-12(6-10-18)13(19)20/h11-12,18H,2-10H2,1H3,(H,19,20)(H2,15,16,21). The van der Waals surface area contributed by atoms with E-state index in [-0.39, 0.29) is 13.0 Å². The molecule has 1 aliphatic rings. The Morgan fingerprint density at radius 1 is 1.38 bits per heavy atom. The van der Waals surface area contributed by atoms with Crippen LogP contribution in [0.25, 0.3) is 0 Å². The highest BCUT2D eigenvalue weighted by Crippen LogP contribution is 2.15. The van der Waals surface area contributed by atoms with Crippen molar-refractivity contribution in [3.05, 3.63) is 0 Å². The quantitative estimate of drug-likeness (QED) is 0.486. The van der Waals surface area contributed by atoms with Gasteiger partial charge in [0.1, 0.15) is 6.04 Å². The van der Waals surface area contributed by atoms with E-state index in [1.165, 1.54) is 19.3 Å². The van der Waals surface area contributed by atoms with Crippen molar-refractivity contribution in [2.75, 3.05) is 26.2 Å². The van der Waals surface area contributed by atoms with Gasteiger partial charge in [-0.2, -0.15) is 0 Å². The van der Waals surface area contributed by atoms with E-state index in [9.17, 15) is 9.59 Å². The van der Waals surface area contributed by atoms with Gasteiger partial charge in [0.2, 0.25) is 0 Å². The van der Waals surface area contributed by atoms with E-state index in [0.29, 0.717) is 12.6 Å². The van der Waals surface area contributed by atoms with E-state index >= 15 is 0 Å². The second-order valence-corrected chi connectivity index (χ2v) is 5.54. The van der Waals surface area contributed by atoms with E-state index in [2.05, 4.69) is 22.5 Å². The topological polar surface area (TPSA) is 102 Å². The number of urea groups is 1. The lowest BCUT2D eigenvalue weighted by Crippen LogP contribution is -2.47. The number of carbonyl (C=O) groups is 2. The van der Waals surface area contributed by atoms with Crippen molar-refractivity contribution in [3.8, 4) is 0 Å². The summed E-state index contributed by atoms with van der Waals surface area (Å²) in [5.74, 6) is -1.14. The van der Waals surface area contributed by atoms with Gasteiger partial charge < -0.3 is 25.7 Å². The normalized spacial score (nSPS) is 20.8. The molecule has 0 bridgehead atoms. The number of rotatable bonds is 8. The molecule has 2 unspecified atom stereocenters. The Kier molecular flexibility index (Phi) is 8.07. The summed E-state index contributed by atoms with van der Waals surface area (Å²) in [5.41, 5.74) is 0. The number of nitrogens with one attached hydrogen (secondary N) is 2. The molecule has 122 valence electrons. The lowest BCUT2D eigenvalue weighted by Gasteiger charge is -2.33. The number of hydrogen-bond acceptors (Lipinski definition) is 4.